The third-order valence-electron chi connectivity index (χ3n) is 2.15. The van der Waals surface area contributed by atoms with Crippen LogP contribution in [0.1, 0.15) is 27.2 Å². The fourth-order valence-corrected chi connectivity index (χ4v) is 3.35. The molecule has 1 aliphatic rings. The van der Waals surface area contributed by atoms with E-state index in [-0.39, 0.29) is 5.60 Å². The lowest BCUT2D eigenvalue weighted by Gasteiger charge is -2.27. The predicted octanol–water partition coefficient (Wildman–Crippen LogP) is 3.11. The molecule has 0 aromatic carbocycles. The van der Waals surface area contributed by atoms with Crippen molar-refractivity contribution < 1.29 is 4.74 Å². The Kier molecular flexibility index (Phi) is 2.24. The molecule has 2 heteroatoms. The van der Waals surface area contributed by atoms with Gasteiger partial charge in [-0.1, -0.05) is 0 Å². The van der Waals surface area contributed by atoms with Crippen LogP contribution >= 0.6 is 10.0 Å². The molecule has 72 valence electrons. The molecule has 0 fully saturated rings. The topological polar surface area (TPSA) is 9.23 Å². The second-order valence-corrected chi connectivity index (χ2v) is 9.02. The number of rotatable bonds is 1. The molecule has 1 aliphatic heterocycles. The van der Waals surface area contributed by atoms with Crippen molar-refractivity contribution in [3.8, 4) is 0 Å². The Morgan fingerprint density at radius 1 is 1.25 bits per heavy atom. The second kappa shape index (κ2) is 2.69. The zero-order valence-electron chi connectivity index (χ0n) is 9.02. The van der Waals surface area contributed by atoms with Crippen LogP contribution in [0.5, 0.6) is 0 Å². The smallest absolute Gasteiger partial charge is 0.108 e. The van der Waals surface area contributed by atoms with Crippen molar-refractivity contribution >= 4 is 10.0 Å². The Morgan fingerprint density at radius 2 is 1.75 bits per heavy atom. The Hall–Kier alpha value is -0.110. The van der Waals surface area contributed by atoms with E-state index in [0.29, 0.717) is 0 Å². The minimum Gasteiger partial charge on any atom is -0.491 e. The van der Waals surface area contributed by atoms with E-state index in [1.54, 1.807) is 4.91 Å². The van der Waals surface area contributed by atoms with Gasteiger partial charge in [-0.25, -0.2) is 10.0 Å². The van der Waals surface area contributed by atoms with Gasteiger partial charge in [0.2, 0.25) is 0 Å². The van der Waals surface area contributed by atoms with E-state index in [0.717, 1.165) is 6.42 Å². The quantitative estimate of drug-likeness (QED) is 0.614. The normalized spacial score (nSPS) is 24.2. The fraction of sp³-hybridized carbons (Fsp3) is 0.800. The van der Waals surface area contributed by atoms with Gasteiger partial charge in [0.1, 0.15) is 11.4 Å². The molecule has 0 amide bonds. The zero-order valence-corrected chi connectivity index (χ0v) is 9.84. The number of allylic oxidation sites excluding steroid dienone is 1. The molecule has 0 saturated carbocycles. The maximum Gasteiger partial charge on any atom is 0.108 e. The van der Waals surface area contributed by atoms with Crippen LogP contribution < -0.4 is 0 Å². The summed E-state index contributed by atoms with van der Waals surface area (Å²) in [5.74, 6) is 1.17. The minimum absolute atomic E-state index is 0.0414. The SMILES string of the molecule is CC1=C(S(C)(C)C)CC(C)(C)O1. The van der Waals surface area contributed by atoms with Gasteiger partial charge in [-0.05, 0) is 39.5 Å². The van der Waals surface area contributed by atoms with E-state index >= 15 is 0 Å². The average Bonchev–Trinajstić information content (AvgIpc) is 2.03. The van der Waals surface area contributed by atoms with Crippen LogP contribution in [0, 0.1) is 0 Å². The van der Waals surface area contributed by atoms with Gasteiger partial charge in [-0.3, -0.25) is 0 Å². The Labute approximate surface area is 77.5 Å². The molecular formula is C10H20OS. The molecule has 0 aromatic heterocycles. The van der Waals surface area contributed by atoms with Crippen molar-refractivity contribution in [2.45, 2.75) is 32.8 Å². The standard InChI is InChI=1S/C10H20OS/c1-8-9(12(4,5)6)7-10(2,3)11-8/h7H2,1-6H3. The first-order chi connectivity index (χ1) is 5.22. The molecule has 12 heavy (non-hydrogen) atoms. The van der Waals surface area contributed by atoms with Crippen molar-refractivity contribution in [2.75, 3.05) is 18.8 Å². The van der Waals surface area contributed by atoms with Crippen LogP contribution in [-0.4, -0.2) is 24.4 Å². The molecule has 1 heterocycles. The lowest BCUT2D eigenvalue weighted by atomic mass is 10.1. The summed E-state index contributed by atoms with van der Waals surface area (Å²) in [6.45, 7) is 6.42. The van der Waals surface area contributed by atoms with Gasteiger partial charge in [-0.2, -0.15) is 0 Å². The van der Waals surface area contributed by atoms with Gasteiger partial charge in [0.05, 0.1) is 0 Å². The van der Waals surface area contributed by atoms with E-state index in [9.17, 15) is 0 Å². The lowest BCUT2D eigenvalue weighted by molar-refractivity contribution is 0.0626. The first kappa shape index (κ1) is 9.97. The molecule has 0 saturated heterocycles. The summed E-state index contributed by atoms with van der Waals surface area (Å²) in [6.07, 6.45) is 8.10. The number of ether oxygens (including phenoxy) is 1. The molecule has 1 rings (SSSR count). The van der Waals surface area contributed by atoms with E-state index in [1.165, 1.54) is 5.76 Å². The van der Waals surface area contributed by atoms with E-state index in [1.807, 2.05) is 0 Å². The van der Waals surface area contributed by atoms with Crippen LogP contribution in [0.3, 0.4) is 0 Å². The van der Waals surface area contributed by atoms with Crippen LogP contribution in [0.15, 0.2) is 10.7 Å². The maximum atomic E-state index is 5.79. The predicted molar refractivity (Wildman–Crippen MR) is 57.8 cm³/mol. The Balaban J connectivity index is 2.88. The molecule has 0 aromatic rings. The molecule has 1 nitrogen and oxygen atoms in total. The molecule has 0 aliphatic carbocycles. The average molecular weight is 188 g/mol. The van der Waals surface area contributed by atoms with E-state index in [2.05, 4.69) is 39.5 Å². The molecular weight excluding hydrogens is 168 g/mol. The van der Waals surface area contributed by atoms with Crippen molar-refractivity contribution in [2.24, 2.45) is 0 Å². The van der Waals surface area contributed by atoms with E-state index < -0.39 is 10.0 Å². The van der Waals surface area contributed by atoms with Gasteiger partial charge in [0.15, 0.2) is 0 Å². The highest BCUT2D eigenvalue weighted by Crippen LogP contribution is 2.53. The summed E-state index contributed by atoms with van der Waals surface area (Å²) in [4.78, 5) is 1.55. The number of hydrogen-bond acceptors (Lipinski definition) is 1. The second-order valence-electron chi connectivity index (χ2n) is 4.86. The summed E-state index contributed by atoms with van der Waals surface area (Å²) >= 11 is 0. The molecule has 0 atom stereocenters. The summed E-state index contributed by atoms with van der Waals surface area (Å²) in [6, 6.07) is 0. The van der Waals surface area contributed by atoms with Crippen molar-refractivity contribution in [3.05, 3.63) is 10.7 Å². The van der Waals surface area contributed by atoms with Gasteiger partial charge in [0.25, 0.3) is 0 Å². The Bertz CT molecular complexity index is 220. The van der Waals surface area contributed by atoms with Crippen molar-refractivity contribution in [1.29, 1.82) is 0 Å². The number of hydrogen-bond donors (Lipinski definition) is 0. The monoisotopic (exact) mass is 188 g/mol. The molecule has 0 radical (unpaired) electrons. The van der Waals surface area contributed by atoms with Gasteiger partial charge in [0, 0.05) is 11.3 Å². The largest absolute Gasteiger partial charge is 0.491 e. The first-order valence-electron chi connectivity index (χ1n) is 4.29. The lowest BCUT2D eigenvalue weighted by Crippen LogP contribution is -2.18. The third-order valence-corrected chi connectivity index (χ3v) is 4.06. The highest BCUT2D eigenvalue weighted by molar-refractivity contribution is 8.35. The summed E-state index contributed by atoms with van der Waals surface area (Å²) in [5, 5.41) is 0. The van der Waals surface area contributed by atoms with Crippen LogP contribution in [0.4, 0.5) is 0 Å². The van der Waals surface area contributed by atoms with Gasteiger partial charge < -0.3 is 4.74 Å². The van der Waals surface area contributed by atoms with Gasteiger partial charge >= 0.3 is 0 Å². The minimum atomic E-state index is -0.568. The van der Waals surface area contributed by atoms with Crippen LogP contribution in [-0.2, 0) is 4.74 Å². The van der Waals surface area contributed by atoms with E-state index in [4.69, 9.17) is 4.74 Å². The van der Waals surface area contributed by atoms with Crippen molar-refractivity contribution in [1.82, 2.24) is 0 Å². The van der Waals surface area contributed by atoms with Crippen molar-refractivity contribution in [3.63, 3.8) is 0 Å². The highest BCUT2D eigenvalue weighted by Gasteiger charge is 2.33. The molecule has 0 unspecified atom stereocenters. The summed E-state index contributed by atoms with van der Waals surface area (Å²) in [7, 11) is -0.568. The van der Waals surface area contributed by atoms with Crippen LogP contribution in [0.2, 0.25) is 0 Å². The van der Waals surface area contributed by atoms with Gasteiger partial charge in [-0.15, -0.1) is 0 Å². The third kappa shape index (κ3) is 1.98. The highest BCUT2D eigenvalue weighted by atomic mass is 32.3. The molecule has 0 bridgehead atoms. The summed E-state index contributed by atoms with van der Waals surface area (Å²) < 4.78 is 5.79. The summed E-state index contributed by atoms with van der Waals surface area (Å²) in [5.41, 5.74) is 0.0414. The molecule has 0 N–H and O–H groups in total. The van der Waals surface area contributed by atoms with Crippen LogP contribution in [0.25, 0.3) is 0 Å². The maximum absolute atomic E-state index is 5.79. The Morgan fingerprint density at radius 3 is 1.92 bits per heavy atom. The molecule has 0 spiro atoms. The first-order valence-corrected chi connectivity index (χ1v) is 7.15. The zero-order chi connectivity index (χ0) is 9.57. The fourth-order valence-electron chi connectivity index (χ4n) is 1.67.